The van der Waals surface area contributed by atoms with Crippen molar-refractivity contribution >= 4 is 11.9 Å². The maximum atomic E-state index is 12.0. The van der Waals surface area contributed by atoms with Crippen LogP contribution in [0.4, 0.5) is 0 Å². The Morgan fingerprint density at radius 1 is 0.818 bits per heavy atom. The van der Waals surface area contributed by atoms with E-state index in [-0.39, 0.29) is 0 Å². The highest BCUT2D eigenvalue weighted by atomic mass is 16.5. The molecule has 2 rings (SSSR count). The largest absolute Gasteiger partial charge is 0.462 e. The molecule has 0 unspecified atom stereocenters. The van der Waals surface area contributed by atoms with Crippen LogP contribution >= 0.6 is 0 Å². The Morgan fingerprint density at radius 2 is 1.36 bits per heavy atom. The average Bonchev–Trinajstić information content (AvgIpc) is 2.55. The molecule has 0 radical (unpaired) electrons. The number of benzene rings is 2. The number of esters is 2. The summed E-state index contributed by atoms with van der Waals surface area (Å²) in [6.07, 6.45) is 0.921. The molecule has 0 N–H and O–H groups in total. The van der Waals surface area contributed by atoms with Gasteiger partial charge >= 0.3 is 11.9 Å². The lowest BCUT2D eigenvalue weighted by Gasteiger charge is -2.06. The molecule has 2 aromatic carbocycles. The van der Waals surface area contributed by atoms with E-state index in [4.69, 9.17) is 9.47 Å². The van der Waals surface area contributed by atoms with Crippen molar-refractivity contribution in [1.29, 1.82) is 0 Å². The van der Waals surface area contributed by atoms with E-state index in [9.17, 15) is 9.59 Å². The number of carbonyl (C=O) groups excluding carboxylic acids is 2. The van der Waals surface area contributed by atoms with Crippen LogP contribution in [0.5, 0.6) is 5.75 Å². The van der Waals surface area contributed by atoms with Crippen molar-refractivity contribution in [2.75, 3.05) is 6.61 Å². The zero-order valence-electron chi connectivity index (χ0n) is 12.7. The second-order valence-corrected chi connectivity index (χ2v) is 4.68. The monoisotopic (exact) mass is 298 g/mol. The van der Waals surface area contributed by atoms with Gasteiger partial charge in [0.1, 0.15) is 5.75 Å². The summed E-state index contributed by atoms with van der Waals surface area (Å²) in [5.74, 6) is -0.431. The van der Waals surface area contributed by atoms with Gasteiger partial charge in [-0.1, -0.05) is 19.1 Å². The first-order valence-electron chi connectivity index (χ1n) is 7.22. The minimum atomic E-state index is -0.425. The van der Waals surface area contributed by atoms with E-state index >= 15 is 0 Å². The third kappa shape index (κ3) is 3.95. The van der Waals surface area contributed by atoms with Crippen molar-refractivity contribution in [3.8, 4) is 5.75 Å². The highest BCUT2D eigenvalue weighted by Gasteiger charge is 2.10. The predicted molar refractivity (Wildman–Crippen MR) is 83.2 cm³/mol. The lowest BCUT2D eigenvalue weighted by Crippen LogP contribution is -2.09. The van der Waals surface area contributed by atoms with Gasteiger partial charge in [-0.05, 0) is 55.3 Å². The Balaban J connectivity index is 2.03. The van der Waals surface area contributed by atoms with Crippen LogP contribution in [0.15, 0.2) is 48.5 Å². The molecular formula is C18H18O4. The first-order valence-corrected chi connectivity index (χ1v) is 7.22. The van der Waals surface area contributed by atoms with Crippen LogP contribution in [0.1, 0.15) is 40.1 Å². The Morgan fingerprint density at radius 3 is 1.91 bits per heavy atom. The Bertz CT molecular complexity index is 642. The van der Waals surface area contributed by atoms with Crippen molar-refractivity contribution < 1.29 is 19.1 Å². The average molecular weight is 298 g/mol. The molecule has 0 bridgehead atoms. The maximum absolute atomic E-state index is 12.0. The van der Waals surface area contributed by atoms with Gasteiger partial charge < -0.3 is 9.47 Å². The molecule has 0 aliphatic heterocycles. The quantitative estimate of drug-likeness (QED) is 0.624. The maximum Gasteiger partial charge on any atom is 0.343 e. The molecule has 0 saturated carbocycles. The SMILES string of the molecule is CCOC(=O)c1ccc(OC(=O)c2ccc(CC)cc2)cc1. The van der Waals surface area contributed by atoms with Crippen molar-refractivity contribution in [1.82, 2.24) is 0 Å². The molecule has 0 heterocycles. The molecule has 4 heteroatoms. The molecule has 0 amide bonds. The summed E-state index contributed by atoms with van der Waals surface area (Å²) in [6.45, 7) is 4.12. The number of aryl methyl sites for hydroxylation is 1. The van der Waals surface area contributed by atoms with E-state index in [1.807, 2.05) is 12.1 Å². The Kier molecular flexibility index (Phi) is 5.31. The van der Waals surface area contributed by atoms with Crippen LogP contribution < -0.4 is 4.74 Å². The van der Waals surface area contributed by atoms with Gasteiger partial charge in [-0.25, -0.2) is 9.59 Å². The molecule has 22 heavy (non-hydrogen) atoms. The first-order chi connectivity index (χ1) is 10.6. The summed E-state index contributed by atoms with van der Waals surface area (Å²) in [6, 6.07) is 13.6. The lowest BCUT2D eigenvalue weighted by atomic mass is 10.1. The fraction of sp³-hybridized carbons (Fsp3) is 0.222. The third-order valence-corrected chi connectivity index (χ3v) is 3.17. The Labute approximate surface area is 129 Å². The zero-order chi connectivity index (χ0) is 15.9. The predicted octanol–water partition coefficient (Wildman–Crippen LogP) is 3.64. The van der Waals surface area contributed by atoms with Crippen molar-refractivity contribution in [2.45, 2.75) is 20.3 Å². The highest BCUT2D eigenvalue weighted by Crippen LogP contribution is 2.15. The van der Waals surface area contributed by atoms with Gasteiger partial charge in [-0.15, -0.1) is 0 Å². The molecule has 0 aromatic heterocycles. The number of hydrogen-bond acceptors (Lipinski definition) is 4. The molecule has 0 atom stereocenters. The number of carbonyl (C=O) groups is 2. The minimum absolute atomic E-state index is 0.323. The van der Waals surface area contributed by atoms with Gasteiger partial charge in [0.05, 0.1) is 17.7 Å². The Hall–Kier alpha value is -2.62. The molecule has 2 aromatic rings. The van der Waals surface area contributed by atoms with Crippen molar-refractivity contribution in [3.05, 3.63) is 65.2 Å². The number of rotatable bonds is 5. The summed E-state index contributed by atoms with van der Waals surface area (Å²) < 4.78 is 10.2. The normalized spacial score (nSPS) is 10.1. The molecule has 0 aliphatic carbocycles. The van der Waals surface area contributed by atoms with Crippen molar-refractivity contribution in [2.24, 2.45) is 0 Å². The van der Waals surface area contributed by atoms with E-state index < -0.39 is 11.9 Å². The fourth-order valence-corrected chi connectivity index (χ4v) is 1.92. The van der Waals surface area contributed by atoms with E-state index in [1.54, 1.807) is 43.3 Å². The second kappa shape index (κ2) is 7.41. The van der Waals surface area contributed by atoms with E-state index in [0.717, 1.165) is 12.0 Å². The van der Waals surface area contributed by atoms with Gasteiger partial charge in [-0.2, -0.15) is 0 Å². The molecule has 0 spiro atoms. The van der Waals surface area contributed by atoms with Crippen molar-refractivity contribution in [3.63, 3.8) is 0 Å². The van der Waals surface area contributed by atoms with Crippen LogP contribution in [0.3, 0.4) is 0 Å². The molecular weight excluding hydrogens is 280 g/mol. The zero-order valence-corrected chi connectivity index (χ0v) is 12.7. The van der Waals surface area contributed by atoms with Gasteiger partial charge in [0.2, 0.25) is 0 Å². The minimum Gasteiger partial charge on any atom is -0.462 e. The number of ether oxygens (including phenoxy) is 2. The number of hydrogen-bond donors (Lipinski definition) is 0. The standard InChI is InChI=1S/C18H18O4/c1-3-13-5-7-15(8-6-13)18(20)22-16-11-9-14(10-12-16)17(19)21-4-2/h5-12H,3-4H2,1-2H3. The van der Waals surface area contributed by atoms with E-state index in [1.165, 1.54) is 0 Å². The van der Waals surface area contributed by atoms with Gasteiger partial charge in [0.15, 0.2) is 0 Å². The smallest absolute Gasteiger partial charge is 0.343 e. The van der Waals surface area contributed by atoms with Crippen LogP contribution in [0, 0.1) is 0 Å². The fourth-order valence-electron chi connectivity index (χ4n) is 1.92. The van der Waals surface area contributed by atoms with E-state index in [2.05, 4.69) is 6.92 Å². The molecule has 0 saturated heterocycles. The summed E-state index contributed by atoms with van der Waals surface area (Å²) in [5.41, 5.74) is 2.08. The summed E-state index contributed by atoms with van der Waals surface area (Å²) >= 11 is 0. The van der Waals surface area contributed by atoms with Gasteiger partial charge in [0.25, 0.3) is 0 Å². The van der Waals surface area contributed by atoms with Crippen LogP contribution in [0.2, 0.25) is 0 Å². The van der Waals surface area contributed by atoms with Crippen LogP contribution in [0.25, 0.3) is 0 Å². The topological polar surface area (TPSA) is 52.6 Å². The summed E-state index contributed by atoms with van der Waals surface area (Å²) in [7, 11) is 0. The van der Waals surface area contributed by atoms with Crippen LogP contribution in [-0.4, -0.2) is 18.5 Å². The third-order valence-electron chi connectivity index (χ3n) is 3.17. The molecule has 0 fully saturated rings. The molecule has 4 nitrogen and oxygen atoms in total. The first kappa shape index (κ1) is 15.8. The van der Waals surface area contributed by atoms with E-state index in [0.29, 0.717) is 23.5 Å². The molecule has 0 aliphatic rings. The second-order valence-electron chi connectivity index (χ2n) is 4.68. The summed E-state index contributed by atoms with van der Waals surface area (Å²) in [4.78, 5) is 23.6. The lowest BCUT2D eigenvalue weighted by molar-refractivity contribution is 0.0526. The van der Waals surface area contributed by atoms with Gasteiger partial charge in [0, 0.05) is 0 Å². The van der Waals surface area contributed by atoms with Gasteiger partial charge in [-0.3, -0.25) is 0 Å². The highest BCUT2D eigenvalue weighted by molar-refractivity contribution is 5.92. The van der Waals surface area contributed by atoms with Crippen LogP contribution in [-0.2, 0) is 11.2 Å². The summed E-state index contributed by atoms with van der Waals surface area (Å²) in [5, 5.41) is 0. The molecule has 114 valence electrons.